The molecular formula is C46H43N5OPt. The summed E-state index contributed by atoms with van der Waals surface area (Å²) in [4.78, 5) is 9.58. The summed E-state index contributed by atoms with van der Waals surface area (Å²) in [6.45, 7) is 18.7. The number of aromatic nitrogens is 5. The van der Waals surface area contributed by atoms with Crippen molar-refractivity contribution in [2.75, 3.05) is 0 Å². The first kappa shape index (κ1) is 33.8. The zero-order valence-electron chi connectivity index (χ0n) is 31.4. The second-order valence-corrected chi connectivity index (χ2v) is 17.2. The van der Waals surface area contributed by atoms with Crippen molar-refractivity contribution in [2.45, 2.75) is 66.2 Å². The Kier molecular flexibility index (Phi) is 7.46. The Labute approximate surface area is 321 Å². The molecule has 0 saturated carbocycles. The minimum atomic E-state index is -0.0659. The summed E-state index contributed by atoms with van der Waals surface area (Å²) in [7, 11) is 0. The molecule has 4 heterocycles. The van der Waals surface area contributed by atoms with Crippen LogP contribution in [0.25, 0.3) is 50.0 Å². The van der Waals surface area contributed by atoms with Crippen molar-refractivity contribution >= 4 is 32.8 Å². The van der Waals surface area contributed by atoms with Crippen LogP contribution in [0.1, 0.15) is 63.8 Å². The first-order chi connectivity index (χ1) is 25.3. The van der Waals surface area contributed by atoms with Gasteiger partial charge in [-0.3, -0.25) is 0 Å². The molecule has 0 spiro atoms. The van der Waals surface area contributed by atoms with Gasteiger partial charge in [0.15, 0.2) is 0 Å². The van der Waals surface area contributed by atoms with E-state index in [0.717, 1.165) is 48.8 Å². The number of para-hydroxylation sites is 2. The molecule has 0 bridgehead atoms. The summed E-state index contributed by atoms with van der Waals surface area (Å²) < 4.78 is 14.6. The summed E-state index contributed by atoms with van der Waals surface area (Å²) in [6.07, 6.45) is 5.59. The topological polar surface area (TPSA) is 49.8 Å². The van der Waals surface area contributed by atoms with Gasteiger partial charge in [-0.25, -0.2) is 0 Å². The van der Waals surface area contributed by atoms with Crippen molar-refractivity contribution in [3.8, 4) is 28.7 Å². The third-order valence-corrected chi connectivity index (χ3v) is 13.7. The predicted octanol–water partition coefficient (Wildman–Crippen LogP) is 11.4. The second kappa shape index (κ2) is 11.7. The van der Waals surface area contributed by atoms with Gasteiger partial charge in [-0.15, -0.1) is 0 Å². The quantitative estimate of drug-likeness (QED) is 0.173. The van der Waals surface area contributed by atoms with E-state index in [0.29, 0.717) is 5.75 Å². The van der Waals surface area contributed by atoms with Crippen molar-refractivity contribution in [2.24, 2.45) is 5.41 Å². The van der Waals surface area contributed by atoms with E-state index in [4.69, 9.17) is 9.72 Å². The van der Waals surface area contributed by atoms with Crippen LogP contribution in [0.4, 0.5) is 0 Å². The molecule has 1 aliphatic rings. The number of benzene rings is 4. The number of pyridine rings is 2. The van der Waals surface area contributed by atoms with Crippen LogP contribution in [0.15, 0.2) is 116 Å². The van der Waals surface area contributed by atoms with E-state index in [1.54, 1.807) is 6.20 Å². The van der Waals surface area contributed by atoms with Crippen molar-refractivity contribution in [1.29, 1.82) is 0 Å². The fourth-order valence-electron chi connectivity index (χ4n) is 8.66. The molecule has 4 aromatic carbocycles. The van der Waals surface area contributed by atoms with Gasteiger partial charge in [0.1, 0.15) is 0 Å². The molecule has 0 unspecified atom stereocenters. The van der Waals surface area contributed by atoms with Crippen LogP contribution in [0.5, 0.6) is 11.5 Å². The van der Waals surface area contributed by atoms with E-state index in [1.165, 1.54) is 33.0 Å². The molecule has 53 heavy (non-hydrogen) atoms. The Morgan fingerprint density at radius 1 is 0.604 bits per heavy atom. The van der Waals surface area contributed by atoms with Gasteiger partial charge in [-0.1, -0.05) is 47.6 Å². The molecule has 6 nitrogen and oxygen atoms in total. The van der Waals surface area contributed by atoms with Crippen LogP contribution in [0.2, 0.25) is 0 Å². The first-order valence-electron chi connectivity index (χ1n) is 18.2. The number of imidazole rings is 1. The Morgan fingerprint density at radius 2 is 1.32 bits per heavy atom. The average Bonchev–Trinajstić information content (AvgIpc) is 3.65. The fourth-order valence-corrected chi connectivity index (χ4v) is 9.79. The van der Waals surface area contributed by atoms with Crippen LogP contribution in [0, 0.1) is 23.1 Å². The predicted molar refractivity (Wildman–Crippen MR) is 212 cm³/mol. The fraction of sp³-hybridized carbons (Fsp3) is 0.239. The van der Waals surface area contributed by atoms with Gasteiger partial charge in [-0.2, -0.15) is 0 Å². The number of ether oxygens (including phenoxy) is 1. The van der Waals surface area contributed by atoms with Gasteiger partial charge in [0.25, 0.3) is 0 Å². The van der Waals surface area contributed by atoms with Gasteiger partial charge >= 0.3 is 228 Å². The third-order valence-electron chi connectivity index (χ3n) is 12.6. The summed E-state index contributed by atoms with van der Waals surface area (Å²) >= 11 is 2.42. The molecule has 0 aliphatic heterocycles. The van der Waals surface area contributed by atoms with E-state index in [2.05, 4.69) is 190 Å². The second-order valence-electron chi connectivity index (χ2n) is 16.2. The van der Waals surface area contributed by atoms with Crippen molar-refractivity contribution in [1.82, 2.24) is 23.7 Å². The first-order valence-corrected chi connectivity index (χ1v) is 19.4. The molecule has 1 aliphatic carbocycles. The van der Waals surface area contributed by atoms with E-state index >= 15 is 0 Å². The molecule has 0 amide bonds. The van der Waals surface area contributed by atoms with Crippen molar-refractivity contribution in [3.63, 3.8) is 0 Å². The SMILES string of the molecule is Cc1ccc(-n2[c](=[Pt])n(-c3cncc(Oc4ccc5c6c7c(ccc6n(-c6cc(C)ccn6)c5c4)C(C)(C)C(C)(C)C7(C)C)c3)c3ccccc32)cc1. The van der Waals surface area contributed by atoms with E-state index in [9.17, 15) is 0 Å². The Bertz CT molecular complexity index is 2830. The molecule has 0 fully saturated rings. The van der Waals surface area contributed by atoms with Crippen LogP contribution in [0.3, 0.4) is 0 Å². The summed E-state index contributed by atoms with van der Waals surface area (Å²) in [5.41, 5.74) is 11.7. The molecule has 0 radical (unpaired) electrons. The Morgan fingerprint density at radius 3 is 2.04 bits per heavy atom. The van der Waals surface area contributed by atoms with Gasteiger partial charge < -0.3 is 0 Å². The van der Waals surface area contributed by atoms with Crippen LogP contribution in [-0.4, -0.2) is 23.7 Å². The number of aryl methyl sites for hydroxylation is 2. The van der Waals surface area contributed by atoms with E-state index in [-0.39, 0.29) is 16.2 Å². The van der Waals surface area contributed by atoms with E-state index < -0.39 is 0 Å². The molecular weight excluding hydrogens is 834 g/mol. The van der Waals surface area contributed by atoms with E-state index in [1.807, 2.05) is 12.4 Å². The Balaban J connectivity index is 1.20. The number of fused-ring (bicyclic) bond motifs is 6. The molecule has 0 saturated heterocycles. The summed E-state index contributed by atoms with van der Waals surface area (Å²) in [5.74, 6) is 2.31. The van der Waals surface area contributed by atoms with Gasteiger partial charge in [-0.05, 0) is 40.4 Å². The van der Waals surface area contributed by atoms with Gasteiger partial charge in [0.2, 0.25) is 0 Å². The molecule has 268 valence electrons. The van der Waals surface area contributed by atoms with Gasteiger partial charge in [0.05, 0.1) is 0 Å². The average molecular weight is 877 g/mol. The van der Waals surface area contributed by atoms with Crippen LogP contribution in [-0.2, 0) is 30.2 Å². The maximum absolute atomic E-state index is 6.70. The standard InChI is InChI=1S/C46H43N5O.Pt/c1-29-13-15-31(16-14-29)49-28-50(38-12-10-9-11-37(38)49)32-24-34(27-47-26-32)52-33-17-18-35-40(25-33)51(41-23-30(2)21-22-48-41)39-20-19-36-43(42(35)39)45(5,6)46(7,8)44(36,3)4;/h9-27H,1-8H3;. The molecule has 0 atom stereocenters. The number of nitrogens with zero attached hydrogens (tertiary/aromatic N) is 5. The Hall–Kier alpha value is -5.06. The summed E-state index contributed by atoms with van der Waals surface area (Å²) in [5, 5.41) is 2.51. The maximum atomic E-state index is 6.70. The number of hydrogen-bond donors (Lipinski definition) is 0. The molecule has 8 aromatic rings. The minimum absolute atomic E-state index is 0.000587. The molecule has 4 aromatic heterocycles. The van der Waals surface area contributed by atoms with Crippen LogP contribution >= 0.6 is 0 Å². The summed E-state index contributed by atoms with van der Waals surface area (Å²) in [6, 6.07) is 34.6. The van der Waals surface area contributed by atoms with Gasteiger partial charge in [0, 0.05) is 6.20 Å². The molecule has 7 heteroatoms. The number of rotatable bonds is 5. The normalized spacial score (nSPS) is 15.7. The third kappa shape index (κ3) is 4.84. The van der Waals surface area contributed by atoms with Crippen molar-refractivity contribution in [3.05, 3.63) is 142 Å². The zero-order valence-corrected chi connectivity index (χ0v) is 33.7. The zero-order chi connectivity index (χ0) is 37.0. The number of hydrogen-bond acceptors (Lipinski definition) is 3. The monoisotopic (exact) mass is 876 g/mol. The molecule has 0 N–H and O–H groups in total. The molecule has 9 rings (SSSR count). The van der Waals surface area contributed by atoms with Crippen LogP contribution < -0.4 is 4.74 Å². The van der Waals surface area contributed by atoms with Crippen molar-refractivity contribution < 1.29 is 24.1 Å².